The average molecular weight is 255 g/mol. The summed E-state index contributed by atoms with van der Waals surface area (Å²) in [6, 6.07) is 0. The van der Waals surface area contributed by atoms with Gasteiger partial charge in [-0.2, -0.15) is 4.98 Å². The Hall–Kier alpha value is -1.03. The van der Waals surface area contributed by atoms with Gasteiger partial charge in [-0.15, -0.1) is 0 Å². The first kappa shape index (κ1) is 12.4. The van der Waals surface area contributed by atoms with Crippen molar-refractivity contribution in [3.63, 3.8) is 0 Å². The molecule has 0 aromatic carbocycles. The topological polar surface area (TPSA) is 63.8 Å². The third-order valence-corrected chi connectivity index (χ3v) is 4.07. The third kappa shape index (κ3) is 2.46. The maximum absolute atomic E-state index is 5.94. The van der Waals surface area contributed by atoms with Crippen molar-refractivity contribution in [2.45, 2.75) is 39.5 Å². The van der Waals surface area contributed by atoms with Crippen molar-refractivity contribution >= 4 is 23.1 Å². The highest BCUT2D eigenvalue weighted by atomic mass is 35.5. The predicted molar refractivity (Wildman–Crippen MR) is 71.3 cm³/mol. The van der Waals surface area contributed by atoms with Gasteiger partial charge in [0.25, 0.3) is 0 Å². The van der Waals surface area contributed by atoms with Crippen molar-refractivity contribution < 1.29 is 0 Å². The largest absolute Gasteiger partial charge is 0.394 e. The standard InChI is InChI=1S/C12H19ClN4/c1-3-12(5-4-6-12)7-15-10-9(14)8(2)16-11(13)17-10/h3-7,14H2,1-2H3,(H,15,16,17). The van der Waals surface area contributed by atoms with Crippen molar-refractivity contribution in [3.8, 4) is 0 Å². The van der Waals surface area contributed by atoms with Crippen molar-refractivity contribution in [3.05, 3.63) is 11.0 Å². The summed E-state index contributed by atoms with van der Waals surface area (Å²) in [5.74, 6) is 0.669. The molecule has 0 amide bonds. The Morgan fingerprint density at radius 3 is 2.65 bits per heavy atom. The Kier molecular flexibility index (Phi) is 3.43. The van der Waals surface area contributed by atoms with Crippen LogP contribution in [0.15, 0.2) is 0 Å². The van der Waals surface area contributed by atoms with Gasteiger partial charge in [-0.25, -0.2) is 4.98 Å². The molecule has 1 aliphatic carbocycles. The zero-order valence-corrected chi connectivity index (χ0v) is 11.1. The summed E-state index contributed by atoms with van der Waals surface area (Å²) >= 11 is 5.84. The summed E-state index contributed by atoms with van der Waals surface area (Å²) < 4.78 is 0. The smallest absolute Gasteiger partial charge is 0.224 e. The fourth-order valence-corrected chi connectivity index (χ4v) is 2.50. The Balaban J connectivity index is 2.08. The van der Waals surface area contributed by atoms with Gasteiger partial charge in [0.2, 0.25) is 5.28 Å². The number of hydrogen-bond acceptors (Lipinski definition) is 4. The summed E-state index contributed by atoms with van der Waals surface area (Å²) in [5.41, 5.74) is 7.69. The molecule has 0 aliphatic heterocycles. The number of nitrogens with one attached hydrogen (secondary N) is 1. The van der Waals surface area contributed by atoms with E-state index in [-0.39, 0.29) is 5.28 Å². The molecule has 1 aromatic rings. The number of rotatable bonds is 4. The van der Waals surface area contributed by atoms with Gasteiger partial charge in [-0.3, -0.25) is 0 Å². The van der Waals surface area contributed by atoms with Crippen molar-refractivity contribution in [1.29, 1.82) is 0 Å². The molecule has 2 rings (SSSR count). The van der Waals surface area contributed by atoms with E-state index in [0.29, 0.717) is 16.9 Å². The SMILES string of the molecule is CCC1(CNc2nc(Cl)nc(C)c2N)CCC1. The highest BCUT2D eigenvalue weighted by Gasteiger charge is 2.34. The minimum absolute atomic E-state index is 0.248. The molecule has 94 valence electrons. The first-order valence-corrected chi connectivity index (χ1v) is 6.47. The van der Waals surface area contributed by atoms with E-state index in [1.807, 2.05) is 6.92 Å². The maximum Gasteiger partial charge on any atom is 0.224 e. The summed E-state index contributed by atoms with van der Waals surface area (Å²) in [6.45, 7) is 5.00. The highest BCUT2D eigenvalue weighted by Crippen LogP contribution is 2.43. The molecule has 1 heterocycles. The molecule has 0 spiro atoms. The van der Waals surface area contributed by atoms with Crippen molar-refractivity contribution in [2.24, 2.45) is 5.41 Å². The normalized spacial score (nSPS) is 17.6. The van der Waals surface area contributed by atoms with Crippen LogP contribution in [-0.4, -0.2) is 16.5 Å². The minimum Gasteiger partial charge on any atom is -0.394 e. The van der Waals surface area contributed by atoms with Crippen molar-refractivity contribution in [1.82, 2.24) is 9.97 Å². The van der Waals surface area contributed by atoms with Crippen LogP contribution in [-0.2, 0) is 0 Å². The van der Waals surface area contributed by atoms with Gasteiger partial charge >= 0.3 is 0 Å². The molecule has 0 unspecified atom stereocenters. The molecule has 5 heteroatoms. The molecule has 0 bridgehead atoms. The van der Waals surface area contributed by atoms with Gasteiger partial charge in [0.05, 0.1) is 11.4 Å². The van der Waals surface area contributed by atoms with Crippen LogP contribution in [0.5, 0.6) is 0 Å². The number of nitrogens with zero attached hydrogens (tertiary/aromatic N) is 2. The maximum atomic E-state index is 5.94. The molecular weight excluding hydrogens is 236 g/mol. The van der Waals surface area contributed by atoms with Gasteiger partial charge in [0, 0.05) is 6.54 Å². The molecule has 0 radical (unpaired) electrons. The molecule has 0 saturated heterocycles. The van der Waals surface area contributed by atoms with Gasteiger partial charge in [0.1, 0.15) is 0 Å². The summed E-state index contributed by atoms with van der Waals surface area (Å²) in [6.07, 6.45) is 5.09. The second-order valence-corrected chi connectivity index (χ2v) is 5.24. The zero-order chi connectivity index (χ0) is 12.5. The van der Waals surface area contributed by atoms with Crippen LogP contribution >= 0.6 is 11.6 Å². The molecule has 1 saturated carbocycles. The van der Waals surface area contributed by atoms with E-state index in [4.69, 9.17) is 17.3 Å². The summed E-state index contributed by atoms with van der Waals surface area (Å²) in [7, 11) is 0. The van der Waals surface area contributed by atoms with E-state index >= 15 is 0 Å². The number of nitrogens with two attached hydrogens (primary N) is 1. The first-order valence-electron chi connectivity index (χ1n) is 6.10. The number of nitrogen functional groups attached to an aromatic ring is 1. The van der Waals surface area contributed by atoms with Crippen LogP contribution in [0.4, 0.5) is 11.5 Å². The van der Waals surface area contributed by atoms with E-state index in [0.717, 1.165) is 12.2 Å². The van der Waals surface area contributed by atoms with Gasteiger partial charge < -0.3 is 11.1 Å². The molecule has 17 heavy (non-hydrogen) atoms. The third-order valence-electron chi connectivity index (χ3n) is 3.90. The van der Waals surface area contributed by atoms with Gasteiger partial charge in [-0.1, -0.05) is 13.3 Å². The lowest BCUT2D eigenvalue weighted by atomic mass is 9.67. The monoisotopic (exact) mass is 254 g/mol. The second kappa shape index (κ2) is 4.69. The fourth-order valence-electron chi connectivity index (χ4n) is 2.29. The summed E-state index contributed by atoms with van der Waals surface area (Å²) in [4.78, 5) is 8.17. The zero-order valence-electron chi connectivity index (χ0n) is 10.4. The minimum atomic E-state index is 0.248. The second-order valence-electron chi connectivity index (χ2n) is 4.90. The van der Waals surface area contributed by atoms with Crippen LogP contribution in [0.3, 0.4) is 0 Å². The van der Waals surface area contributed by atoms with Crippen LogP contribution in [0.2, 0.25) is 5.28 Å². The van der Waals surface area contributed by atoms with Gasteiger partial charge in [-0.05, 0) is 43.2 Å². The lowest BCUT2D eigenvalue weighted by molar-refractivity contribution is 0.145. The number of halogens is 1. The molecular formula is C12H19ClN4. The van der Waals surface area contributed by atoms with Gasteiger partial charge in [0.15, 0.2) is 5.82 Å². The van der Waals surface area contributed by atoms with E-state index in [9.17, 15) is 0 Å². The number of aryl methyl sites for hydroxylation is 1. The van der Waals surface area contributed by atoms with E-state index < -0.39 is 0 Å². The van der Waals surface area contributed by atoms with E-state index in [1.54, 1.807) is 0 Å². The van der Waals surface area contributed by atoms with Crippen LogP contribution < -0.4 is 11.1 Å². The Labute approximate surface area is 107 Å². The highest BCUT2D eigenvalue weighted by molar-refractivity contribution is 6.28. The number of hydrogen-bond donors (Lipinski definition) is 2. The molecule has 3 N–H and O–H groups in total. The predicted octanol–water partition coefficient (Wildman–Crippen LogP) is 3.01. The lowest BCUT2D eigenvalue weighted by Gasteiger charge is -2.41. The quantitative estimate of drug-likeness (QED) is 0.811. The van der Waals surface area contributed by atoms with Crippen molar-refractivity contribution in [2.75, 3.05) is 17.6 Å². The van der Waals surface area contributed by atoms with E-state index in [1.165, 1.54) is 25.7 Å². The molecule has 0 atom stereocenters. The Morgan fingerprint density at radius 2 is 2.12 bits per heavy atom. The van der Waals surface area contributed by atoms with Crippen LogP contribution in [0, 0.1) is 12.3 Å². The molecule has 4 nitrogen and oxygen atoms in total. The van der Waals surface area contributed by atoms with Crippen LogP contribution in [0.1, 0.15) is 38.3 Å². The summed E-state index contributed by atoms with van der Waals surface area (Å²) in [5, 5.41) is 3.58. The lowest BCUT2D eigenvalue weighted by Crippen LogP contribution is -2.36. The number of anilines is 2. The Bertz CT molecular complexity index is 410. The molecule has 1 fully saturated rings. The van der Waals surface area contributed by atoms with E-state index in [2.05, 4.69) is 22.2 Å². The molecule has 1 aliphatic rings. The first-order chi connectivity index (χ1) is 8.06. The van der Waals surface area contributed by atoms with Crippen LogP contribution in [0.25, 0.3) is 0 Å². The number of aromatic nitrogens is 2. The average Bonchev–Trinajstić information content (AvgIpc) is 2.23. The molecule has 1 aromatic heterocycles. The Morgan fingerprint density at radius 1 is 1.41 bits per heavy atom. The fraction of sp³-hybridized carbons (Fsp3) is 0.667.